The molecule has 1 nitrogen and oxygen atoms in total. The zero-order chi connectivity index (χ0) is 16.4. The number of allylic oxidation sites excluding steroid dienone is 1. The number of fused-ring (bicyclic) bond motifs is 2. The van der Waals surface area contributed by atoms with E-state index in [-0.39, 0.29) is 0 Å². The lowest BCUT2D eigenvalue weighted by molar-refractivity contribution is 1.27. The van der Waals surface area contributed by atoms with Crippen molar-refractivity contribution in [2.75, 3.05) is 0 Å². The maximum atomic E-state index is 6.31. The van der Waals surface area contributed by atoms with Crippen molar-refractivity contribution in [1.29, 1.82) is 0 Å². The minimum Gasteiger partial charge on any atom is -0.398 e. The summed E-state index contributed by atoms with van der Waals surface area (Å²) in [4.78, 5) is 0. The van der Waals surface area contributed by atoms with Crippen LogP contribution < -0.4 is 5.73 Å². The highest BCUT2D eigenvalue weighted by molar-refractivity contribution is 5.86. The van der Waals surface area contributed by atoms with E-state index in [9.17, 15) is 0 Å². The van der Waals surface area contributed by atoms with Crippen molar-refractivity contribution in [3.63, 3.8) is 0 Å². The molecule has 4 aromatic rings. The summed E-state index contributed by atoms with van der Waals surface area (Å²) in [7, 11) is 0. The van der Waals surface area contributed by atoms with Crippen LogP contribution in [0.3, 0.4) is 0 Å². The van der Waals surface area contributed by atoms with Gasteiger partial charge in [-0.15, -0.1) is 0 Å². The van der Waals surface area contributed by atoms with Gasteiger partial charge in [-0.25, -0.2) is 0 Å². The first-order chi connectivity index (χ1) is 11.8. The summed E-state index contributed by atoms with van der Waals surface area (Å²) >= 11 is 0. The van der Waals surface area contributed by atoms with Crippen LogP contribution in [0.1, 0.15) is 11.1 Å². The molecule has 116 valence electrons. The first-order valence-corrected chi connectivity index (χ1v) is 8.22. The summed E-state index contributed by atoms with van der Waals surface area (Å²) in [5.41, 5.74) is 9.49. The second-order valence-corrected chi connectivity index (χ2v) is 6.11. The van der Waals surface area contributed by atoms with Gasteiger partial charge in [0.25, 0.3) is 0 Å². The average Bonchev–Trinajstić information content (AvgIpc) is 2.65. The van der Waals surface area contributed by atoms with E-state index in [0.717, 1.165) is 17.7 Å². The third-order valence-corrected chi connectivity index (χ3v) is 4.45. The first kappa shape index (κ1) is 14.5. The van der Waals surface area contributed by atoms with E-state index in [1.165, 1.54) is 27.1 Å². The standard InChI is InChI=1S/C23H19N/c24-23(22-13-12-19-6-2-4-8-21(19)16-22)14-10-17-9-11-18-5-1-3-7-20(18)15-17/h1-9,11-16H,10,24H2/b23-14-. The highest BCUT2D eigenvalue weighted by Gasteiger charge is 2.00. The zero-order valence-corrected chi connectivity index (χ0v) is 13.4. The molecule has 1 heteroatoms. The van der Waals surface area contributed by atoms with Crippen LogP contribution in [0.4, 0.5) is 0 Å². The van der Waals surface area contributed by atoms with Gasteiger partial charge in [0, 0.05) is 5.70 Å². The molecule has 0 aliphatic rings. The summed E-state index contributed by atoms with van der Waals surface area (Å²) < 4.78 is 0. The molecule has 2 N–H and O–H groups in total. The van der Waals surface area contributed by atoms with E-state index in [0.29, 0.717) is 0 Å². The van der Waals surface area contributed by atoms with Gasteiger partial charge < -0.3 is 5.73 Å². The molecule has 0 saturated carbocycles. The van der Waals surface area contributed by atoms with Crippen LogP contribution in [-0.2, 0) is 6.42 Å². The van der Waals surface area contributed by atoms with Gasteiger partial charge in [-0.3, -0.25) is 0 Å². The molecule has 0 atom stereocenters. The number of hydrogen-bond acceptors (Lipinski definition) is 1. The second kappa shape index (κ2) is 6.21. The molecule has 0 bridgehead atoms. The third kappa shape index (κ3) is 2.89. The van der Waals surface area contributed by atoms with E-state index >= 15 is 0 Å². The van der Waals surface area contributed by atoms with E-state index in [1.807, 2.05) is 0 Å². The van der Waals surface area contributed by atoms with Gasteiger partial charge in [-0.2, -0.15) is 0 Å². The average molecular weight is 309 g/mol. The zero-order valence-electron chi connectivity index (χ0n) is 13.4. The van der Waals surface area contributed by atoms with Crippen LogP contribution in [0, 0.1) is 0 Å². The Morgan fingerprint density at radius 2 is 1.25 bits per heavy atom. The first-order valence-electron chi connectivity index (χ1n) is 8.22. The lowest BCUT2D eigenvalue weighted by Crippen LogP contribution is -1.97. The molecular weight excluding hydrogens is 290 g/mol. The van der Waals surface area contributed by atoms with E-state index in [2.05, 4.69) is 91.0 Å². The Morgan fingerprint density at radius 3 is 1.96 bits per heavy atom. The fraction of sp³-hybridized carbons (Fsp3) is 0.0435. The lowest BCUT2D eigenvalue weighted by atomic mass is 10.0. The number of hydrogen-bond donors (Lipinski definition) is 1. The van der Waals surface area contributed by atoms with Crippen molar-refractivity contribution in [1.82, 2.24) is 0 Å². The van der Waals surface area contributed by atoms with Crippen LogP contribution in [0.15, 0.2) is 91.0 Å². The fourth-order valence-corrected chi connectivity index (χ4v) is 3.08. The normalized spacial score (nSPS) is 11.9. The third-order valence-electron chi connectivity index (χ3n) is 4.45. The SMILES string of the molecule is N/C(=C\Cc1ccc2ccccc2c1)c1ccc2ccccc2c1. The maximum Gasteiger partial charge on any atom is 0.0350 e. The monoisotopic (exact) mass is 309 g/mol. The Hall–Kier alpha value is -3.06. The van der Waals surface area contributed by atoms with Gasteiger partial charge in [0.15, 0.2) is 0 Å². The van der Waals surface area contributed by atoms with E-state index in [1.54, 1.807) is 0 Å². The van der Waals surface area contributed by atoms with Crippen molar-refractivity contribution >= 4 is 27.2 Å². The lowest BCUT2D eigenvalue weighted by Gasteiger charge is -2.05. The Bertz CT molecular complexity index is 1040. The molecule has 0 fully saturated rings. The van der Waals surface area contributed by atoms with Crippen LogP contribution in [0.25, 0.3) is 27.2 Å². The van der Waals surface area contributed by atoms with Gasteiger partial charge in [-0.1, -0.05) is 84.9 Å². The van der Waals surface area contributed by atoms with Crippen molar-refractivity contribution in [3.8, 4) is 0 Å². The molecule has 0 aliphatic carbocycles. The molecule has 0 spiro atoms. The van der Waals surface area contributed by atoms with Gasteiger partial charge in [0.1, 0.15) is 0 Å². The molecule has 4 aromatic carbocycles. The Morgan fingerprint density at radius 1 is 0.667 bits per heavy atom. The van der Waals surface area contributed by atoms with Gasteiger partial charge in [0.2, 0.25) is 0 Å². The minimum atomic E-state index is 0.828. The number of benzene rings is 4. The van der Waals surface area contributed by atoms with E-state index in [4.69, 9.17) is 5.73 Å². The Kier molecular flexibility index (Phi) is 3.76. The van der Waals surface area contributed by atoms with Gasteiger partial charge in [-0.05, 0) is 45.2 Å². The molecule has 0 heterocycles. The predicted octanol–water partition coefficient (Wildman–Crippen LogP) is 5.54. The Balaban J connectivity index is 1.61. The van der Waals surface area contributed by atoms with Crippen LogP contribution in [0.2, 0.25) is 0 Å². The topological polar surface area (TPSA) is 26.0 Å². The van der Waals surface area contributed by atoms with Crippen LogP contribution in [0.5, 0.6) is 0 Å². The smallest absolute Gasteiger partial charge is 0.0350 e. The van der Waals surface area contributed by atoms with Crippen LogP contribution >= 0.6 is 0 Å². The number of nitrogens with two attached hydrogens (primary N) is 1. The second-order valence-electron chi connectivity index (χ2n) is 6.11. The van der Waals surface area contributed by atoms with Crippen LogP contribution in [-0.4, -0.2) is 0 Å². The predicted molar refractivity (Wildman–Crippen MR) is 104 cm³/mol. The van der Waals surface area contributed by atoms with Gasteiger partial charge >= 0.3 is 0 Å². The largest absolute Gasteiger partial charge is 0.398 e. The molecule has 24 heavy (non-hydrogen) atoms. The molecule has 0 aliphatic heterocycles. The molecule has 0 amide bonds. The van der Waals surface area contributed by atoms with E-state index < -0.39 is 0 Å². The molecule has 0 saturated heterocycles. The fourth-order valence-electron chi connectivity index (χ4n) is 3.08. The molecule has 0 aromatic heterocycles. The quantitative estimate of drug-likeness (QED) is 0.528. The molecule has 0 radical (unpaired) electrons. The molecular formula is C23H19N. The summed E-state index contributed by atoms with van der Waals surface area (Å²) in [5, 5.41) is 5.00. The Labute approximate surface area is 142 Å². The molecule has 0 unspecified atom stereocenters. The van der Waals surface area contributed by atoms with Crippen molar-refractivity contribution in [2.45, 2.75) is 6.42 Å². The minimum absolute atomic E-state index is 0.828. The highest BCUT2D eigenvalue weighted by Crippen LogP contribution is 2.20. The summed E-state index contributed by atoms with van der Waals surface area (Å²) in [6.45, 7) is 0. The number of rotatable bonds is 3. The van der Waals surface area contributed by atoms with Crippen molar-refractivity contribution in [3.05, 3.63) is 102 Å². The highest BCUT2D eigenvalue weighted by atomic mass is 14.6. The summed E-state index contributed by atoms with van der Waals surface area (Å²) in [5.74, 6) is 0. The van der Waals surface area contributed by atoms with Gasteiger partial charge in [0.05, 0.1) is 0 Å². The molecule has 4 rings (SSSR count). The summed E-state index contributed by atoms with van der Waals surface area (Å²) in [6.07, 6.45) is 2.94. The maximum absolute atomic E-state index is 6.31. The van der Waals surface area contributed by atoms with Crippen molar-refractivity contribution < 1.29 is 0 Å². The van der Waals surface area contributed by atoms with Crippen molar-refractivity contribution in [2.24, 2.45) is 5.73 Å². The summed E-state index contributed by atoms with van der Waals surface area (Å²) in [6, 6.07) is 29.7.